The van der Waals surface area contributed by atoms with E-state index in [0.29, 0.717) is 18.7 Å². The summed E-state index contributed by atoms with van der Waals surface area (Å²) >= 11 is 0. The second-order valence-electron chi connectivity index (χ2n) is 4.23. The fourth-order valence-corrected chi connectivity index (χ4v) is 2.53. The molecule has 1 saturated carbocycles. The lowest BCUT2D eigenvalue weighted by molar-refractivity contribution is 0.131. The van der Waals surface area contributed by atoms with Crippen molar-refractivity contribution in [3.8, 4) is 0 Å². The summed E-state index contributed by atoms with van der Waals surface area (Å²) in [4.78, 5) is 13.4. The maximum Gasteiger partial charge on any atom is 0.410 e. The zero-order chi connectivity index (χ0) is 9.97. The van der Waals surface area contributed by atoms with Gasteiger partial charge in [0, 0.05) is 0 Å². The topological polar surface area (TPSA) is 29.3 Å². The summed E-state index contributed by atoms with van der Waals surface area (Å²) in [6, 6.07) is 1.02. The van der Waals surface area contributed by atoms with E-state index in [4.69, 9.17) is 4.74 Å². The summed E-state index contributed by atoms with van der Waals surface area (Å²) < 4.78 is 5.03. The maximum atomic E-state index is 11.5. The monoisotopic (exact) mass is 197 g/mol. The van der Waals surface area contributed by atoms with Gasteiger partial charge in [0.1, 0.15) is 0 Å². The molecule has 80 valence electrons. The highest BCUT2D eigenvalue weighted by Gasteiger charge is 2.50. The van der Waals surface area contributed by atoms with Gasteiger partial charge >= 0.3 is 6.09 Å². The van der Waals surface area contributed by atoms with Crippen LogP contribution >= 0.6 is 0 Å². The Kier molecular flexibility index (Phi) is 2.94. The van der Waals surface area contributed by atoms with E-state index in [1.165, 1.54) is 38.5 Å². The number of fused-ring (bicyclic) bond motifs is 1. The van der Waals surface area contributed by atoms with Gasteiger partial charge in [-0.1, -0.05) is 25.7 Å². The van der Waals surface area contributed by atoms with E-state index in [1.54, 1.807) is 0 Å². The predicted octanol–water partition coefficient (Wildman–Crippen LogP) is 2.55. The lowest BCUT2D eigenvalue weighted by atomic mass is 10.0. The zero-order valence-electron chi connectivity index (χ0n) is 8.87. The Morgan fingerprint density at radius 3 is 2.29 bits per heavy atom. The third-order valence-corrected chi connectivity index (χ3v) is 3.30. The summed E-state index contributed by atoms with van der Waals surface area (Å²) in [5.41, 5.74) is 0. The average Bonchev–Trinajstić information content (AvgIpc) is 2.77. The SMILES string of the molecule is CCOC(=O)N1C2CCCCCCC21. The minimum absolute atomic E-state index is 0.0931. The van der Waals surface area contributed by atoms with Crippen molar-refractivity contribution >= 4 is 6.09 Å². The van der Waals surface area contributed by atoms with Crippen LogP contribution in [0.5, 0.6) is 0 Å². The Hall–Kier alpha value is -0.730. The first-order valence-electron chi connectivity index (χ1n) is 5.79. The molecule has 1 aliphatic carbocycles. The van der Waals surface area contributed by atoms with E-state index in [2.05, 4.69) is 0 Å². The van der Waals surface area contributed by atoms with Crippen molar-refractivity contribution in [1.82, 2.24) is 4.90 Å². The molecule has 0 spiro atoms. The van der Waals surface area contributed by atoms with Crippen molar-refractivity contribution in [2.24, 2.45) is 0 Å². The number of hydrogen-bond acceptors (Lipinski definition) is 2. The molecule has 0 aromatic carbocycles. The Morgan fingerprint density at radius 2 is 1.79 bits per heavy atom. The molecule has 2 unspecified atom stereocenters. The van der Waals surface area contributed by atoms with Gasteiger partial charge < -0.3 is 4.74 Å². The second-order valence-corrected chi connectivity index (χ2v) is 4.23. The van der Waals surface area contributed by atoms with E-state index < -0.39 is 0 Å². The molecule has 0 aromatic rings. The smallest absolute Gasteiger partial charge is 0.410 e. The summed E-state index contributed by atoms with van der Waals surface area (Å²) in [6.45, 7) is 2.36. The van der Waals surface area contributed by atoms with Crippen LogP contribution < -0.4 is 0 Å². The van der Waals surface area contributed by atoms with Gasteiger partial charge in [0.25, 0.3) is 0 Å². The van der Waals surface area contributed by atoms with Gasteiger partial charge in [-0.15, -0.1) is 0 Å². The quantitative estimate of drug-likeness (QED) is 0.604. The number of nitrogens with zero attached hydrogens (tertiary/aromatic N) is 1. The van der Waals surface area contributed by atoms with Gasteiger partial charge in [-0.3, -0.25) is 4.90 Å². The number of carbonyl (C=O) groups is 1. The Balaban J connectivity index is 1.87. The van der Waals surface area contributed by atoms with Crippen LogP contribution in [0.3, 0.4) is 0 Å². The molecule has 1 aliphatic heterocycles. The lowest BCUT2D eigenvalue weighted by Crippen LogP contribution is -2.16. The maximum absolute atomic E-state index is 11.5. The molecule has 0 radical (unpaired) electrons. The van der Waals surface area contributed by atoms with Crippen LogP contribution in [0.1, 0.15) is 45.4 Å². The van der Waals surface area contributed by atoms with Crippen molar-refractivity contribution in [2.75, 3.05) is 6.61 Å². The molecule has 3 heteroatoms. The normalized spacial score (nSPS) is 31.4. The molecule has 0 bridgehead atoms. The number of carbonyl (C=O) groups excluding carboxylic acids is 1. The van der Waals surface area contributed by atoms with Crippen molar-refractivity contribution in [1.29, 1.82) is 0 Å². The summed E-state index contributed by atoms with van der Waals surface area (Å²) in [7, 11) is 0. The van der Waals surface area contributed by atoms with Gasteiger partial charge in [0.2, 0.25) is 0 Å². The van der Waals surface area contributed by atoms with E-state index in [1.807, 2.05) is 11.8 Å². The lowest BCUT2D eigenvalue weighted by Gasteiger charge is -2.03. The average molecular weight is 197 g/mol. The van der Waals surface area contributed by atoms with Gasteiger partial charge in [-0.05, 0) is 19.8 Å². The highest BCUT2D eigenvalue weighted by molar-refractivity contribution is 5.72. The van der Waals surface area contributed by atoms with Gasteiger partial charge in [0.05, 0.1) is 18.7 Å². The first-order chi connectivity index (χ1) is 6.84. The van der Waals surface area contributed by atoms with Crippen molar-refractivity contribution in [2.45, 2.75) is 57.5 Å². The summed E-state index contributed by atoms with van der Waals surface area (Å²) in [5, 5.41) is 0. The molecule has 0 N–H and O–H groups in total. The standard InChI is InChI=1S/C11H19NO2/c1-2-14-11(13)12-9-7-5-3-4-6-8-10(9)12/h9-10H,2-8H2,1H3. The number of hydrogen-bond donors (Lipinski definition) is 0. The van der Waals surface area contributed by atoms with Gasteiger partial charge in [-0.2, -0.15) is 0 Å². The predicted molar refractivity (Wildman–Crippen MR) is 54.1 cm³/mol. The Morgan fingerprint density at radius 1 is 1.21 bits per heavy atom. The van der Waals surface area contributed by atoms with Crippen LogP contribution in [-0.2, 0) is 4.74 Å². The molecule has 2 atom stereocenters. The molecule has 14 heavy (non-hydrogen) atoms. The van der Waals surface area contributed by atoms with E-state index in [0.717, 1.165) is 0 Å². The molecule has 2 aliphatic rings. The first kappa shape index (κ1) is 9.81. The Bertz CT molecular complexity index is 203. The highest BCUT2D eigenvalue weighted by Crippen LogP contribution is 2.38. The van der Waals surface area contributed by atoms with Crippen LogP contribution in [0.25, 0.3) is 0 Å². The number of amides is 1. The zero-order valence-corrected chi connectivity index (χ0v) is 8.87. The highest BCUT2D eigenvalue weighted by atomic mass is 16.6. The van der Waals surface area contributed by atoms with Crippen LogP contribution in [0, 0.1) is 0 Å². The third-order valence-electron chi connectivity index (χ3n) is 3.30. The van der Waals surface area contributed by atoms with E-state index in [-0.39, 0.29) is 6.09 Å². The number of rotatable bonds is 1. The molecular formula is C11H19NO2. The van der Waals surface area contributed by atoms with E-state index >= 15 is 0 Å². The first-order valence-corrected chi connectivity index (χ1v) is 5.79. The van der Waals surface area contributed by atoms with Crippen LogP contribution in [0.2, 0.25) is 0 Å². The van der Waals surface area contributed by atoms with Gasteiger partial charge in [-0.25, -0.2) is 4.79 Å². The van der Waals surface area contributed by atoms with Crippen LogP contribution in [-0.4, -0.2) is 29.7 Å². The molecule has 3 nitrogen and oxygen atoms in total. The largest absolute Gasteiger partial charge is 0.450 e. The second kappa shape index (κ2) is 4.20. The molecule has 2 fully saturated rings. The molecule has 0 aromatic heterocycles. The molecule has 1 amide bonds. The minimum atomic E-state index is -0.0931. The minimum Gasteiger partial charge on any atom is -0.450 e. The molecule has 1 saturated heterocycles. The third kappa shape index (κ3) is 1.86. The molecule has 1 heterocycles. The van der Waals surface area contributed by atoms with Crippen LogP contribution in [0.4, 0.5) is 4.79 Å². The number of ether oxygens (including phenoxy) is 1. The molecule has 2 rings (SSSR count). The van der Waals surface area contributed by atoms with Crippen molar-refractivity contribution in [3.63, 3.8) is 0 Å². The fourth-order valence-electron chi connectivity index (χ4n) is 2.53. The van der Waals surface area contributed by atoms with Crippen molar-refractivity contribution in [3.05, 3.63) is 0 Å². The molecular weight excluding hydrogens is 178 g/mol. The van der Waals surface area contributed by atoms with E-state index in [9.17, 15) is 4.79 Å². The summed E-state index contributed by atoms with van der Waals surface area (Å²) in [5.74, 6) is 0. The fraction of sp³-hybridized carbons (Fsp3) is 0.909. The van der Waals surface area contributed by atoms with Crippen LogP contribution in [0.15, 0.2) is 0 Å². The van der Waals surface area contributed by atoms with Gasteiger partial charge in [0.15, 0.2) is 0 Å². The summed E-state index contributed by atoms with van der Waals surface area (Å²) in [6.07, 6.45) is 7.49. The Labute approximate surface area is 85.4 Å². The van der Waals surface area contributed by atoms with Crippen molar-refractivity contribution < 1.29 is 9.53 Å².